The van der Waals surface area contributed by atoms with Crippen LogP contribution in [0, 0.1) is 0 Å². The Morgan fingerprint density at radius 3 is 2.04 bits per heavy atom. The van der Waals surface area contributed by atoms with Gasteiger partial charge in [-0.05, 0) is 54.1 Å². The second kappa shape index (κ2) is 8.09. The number of aliphatic imine (C=N–C) groups is 1. The molecule has 0 unspecified atom stereocenters. The summed E-state index contributed by atoms with van der Waals surface area (Å²) in [4.78, 5) is 6.69. The average Bonchev–Trinajstić information content (AvgIpc) is 2.59. The first kappa shape index (κ1) is 17.4. The zero-order valence-corrected chi connectivity index (χ0v) is 15.5. The number of rotatable bonds is 4. The van der Waals surface area contributed by atoms with Crippen molar-refractivity contribution in [3.63, 3.8) is 0 Å². The minimum Gasteiger partial charge on any atom is -0.255 e. The Morgan fingerprint density at radius 1 is 0.750 bits per heavy atom. The smallest absolute Gasteiger partial charge is 0.0848 e. The maximum atomic E-state index is 6.13. The first-order valence-corrected chi connectivity index (χ1v) is 9.08. The van der Waals surface area contributed by atoms with E-state index in [0.717, 1.165) is 20.4 Å². The molecule has 0 aromatic heterocycles. The van der Waals surface area contributed by atoms with E-state index in [-0.39, 0.29) is 0 Å². The lowest BCUT2D eigenvalue weighted by molar-refractivity contribution is 1.40. The van der Waals surface area contributed by atoms with Crippen molar-refractivity contribution < 1.29 is 0 Å². The molecule has 24 heavy (non-hydrogen) atoms. The van der Waals surface area contributed by atoms with Crippen LogP contribution in [0.1, 0.15) is 5.56 Å². The highest BCUT2D eigenvalue weighted by atomic mass is 35.5. The highest BCUT2D eigenvalue weighted by molar-refractivity contribution is 7.99. The minimum absolute atomic E-state index is 0.463. The summed E-state index contributed by atoms with van der Waals surface area (Å²) in [5, 5.41) is 1.71. The number of hydrogen-bond donors (Lipinski definition) is 0. The van der Waals surface area contributed by atoms with Crippen molar-refractivity contribution in [3.05, 3.63) is 87.4 Å². The van der Waals surface area contributed by atoms with Crippen LogP contribution in [0.15, 0.2) is 81.5 Å². The van der Waals surface area contributed by atoms with Crippen molar-refractivity contribution in [3.8, 4) is 0 Å². The van der Waals surface area contributed by atoms with Crippen molar-refractivity contribution in [1.29, 1.82) is 0 Å². The fraction of sp³-hybridized carbons (Fsp3) is 0. The van der Waals surface area contributed by atoms with Crippen LogP contribution in [-0.2, 0) is 0 Å². The van der Waals surface area contributed by atoms with Gasteiger partial charge in [-0.25, -0.2) is 0 Å². The van der Waals surface area contributed by atoms with E-state index < -0.39 is 0 Å². The van der Waals surface area contributed by atoms with Crippen LogP contribution in [0.5, 0.6) is 0 Å². The van der Waals surface area contributed by atoms with Gasteiger partial charge in [-0.15, -0.1) is 0 Å². The van der Waals surface area contributed by atoms with Gasteiger partial charge in [0.05, 0.1) is 15.7 Å². The highest BCUT2D eigenvalue weighted by Crippen LogP contribution is 2.32. The fourth-order valence-corrected chi connectivity index (χ4v) is 3.28. The number of halogens is 3. The van der Waals surface area contributed by atoms with E-state index in [4.69, 9.17) is 34.8 Å². The van der Waals surface area contributed by atoms with Gasteiger partial charge >= 0.3 is 0 Å². The summed E-state index contributed by atoms with van der Waals surface area (Å²) in [6.45, 7) is 0. The number of nitrogens with zero attached hydrogens (tertiary/aromatic N) is 1. The summed E-state index contributed by atoms with van der Waals surface area (Å²) in [5.74, 6) is 0. The molecule has 0 bridgehead atoms. The third kappa shape index (κ3) is 4.55. The molecule has 0 spiro atoms. The van der Waals surface area contributed by atoms with Crippen molar-refractivity contribution >= 4 is 58.5 Å². The average molecular weight is 393 g/mol. The molecule has 0 saturated carbocycles. The maximum absolute atomic E-state index is 6.13. The van der Waals surface area contributed by atoms with Gasteiger partial charge in [0, 0.05) is 21.0 Å². The lowest BCUT2D eigenvalue weighted by Gasteiger charge is -2.03. The molecule has 120 valence electrons. The van der Waals surface area contributed by atoms with E-state index in [1.807, 2.05) is 48.5 Å². The Hall–Kier alpha value is -1.45. The Balaban J connectivity index is 1.71. The van der Waals surface area contributed by atoms with Crippen LogP contribution in [0.25, 0.3) is 0 Å². The summed E-state index contributed by atoms with van der Waals surface area (Å²) in [5.41, 5.74) is 1.65. The fourth-order valence-electron chi connectivity index (χ4n) is 2.00. The standard InChI is InChI=1S/C19H12Cl3NS/c20-14-6-10-16(11-7-14)24-15-8-4-13(5-9-15)12-23-18-3-1-2-17(21)19(18)22/h1-12H. The second-order valence-electron chi connectivity index (χ2n) is 4.96. The van der Waals surface area contributed by atoms with E-state index in [2.05, 4.69) is 17.1 Å². The predicted molar refractivity (Wildman–Crippen MR) is 106 cm³/mol. The monoisotopic (exact) mass is 391 g/mol. The van der Waals surface area contributed by atoms with Crippen LogP contribution in [0.2, 0.25) is 15.1 Å². The Bertz CT molecular complexity index is 859. The van der Waals surface area contributed by atoms with Crippen molar-refractivity contribution in [2.45, 2.75) is 9.79 Å². The highest BCUT2D eigenvalue weighted by Gasteiger charge is 2.02. The zero-order chi connectivity index (χ0) is 16.9. The van der Waals surface area contributed by atoms with Crippen LogP contribution in [0.4, 0.5) is 5.69 Å². The van der Waals surface area contributed by atoms with Gasteiger partial charge in [0.25, 0.3) is 0 Å². The molecule has 5 heteroatoms. The summed E-state index contributed by atoms with van der Waals surface area (Å²) in [6.07, 6.45) is 1.77. The van der Waals surface area contributed by atoms with Gasteiger partial charge in [-0.3, -0.25) is 4.99 Å². The summed E-state index contributed by atoms with van der Waals surface area (Å²) < 4.78 is 0. The molecule has 0 aliphatic carbocycles. The summed E-state index contributed by atoms with van der Waals surface area (Å²) in [7, 11) is 0. The van der Waals surface area contributed by atoms with Gasteiger partial charge in [0.15, 0.2) is 0 Å². The third-order valence-corrected chi connectivity index (χ3v) is 5.29. The molecule has 0 radical (unpaired) electrons. The first-order chi connectivity index (χ1) is 11.6. The molecule has 3 aromatic carbocycles. The first-order valence-electron chi connectivity index (χ1n) is 7.13. The number of benzene rings is 3. The topological polar surface area (TPSA) is 12.4 Å². The van der Waals surface area contributed by atoms with Gasteiger partial charge in [0.1, 0.15) is 0 Å². The van der Waals surface area contributed by atoms with E-state index in [1.165, 1.54) is 0 Å². The molecule has 0 heterocycles. The molecule has 0 N–H and O–H groups in total. The molecule has 0 aliphatic heterocycles. The molecule has 3 rings (SSSR count). The van der Waals surface area contributed by atoms with Gasteiger partial charge in [-0.2, -0.15) is 0 Å². The largest absolute Gasteiger partial charge is 0.255 e. The molecule has 3 aromatic rings. The molecule has 0 aliphatic rings. The molecule has 0 saturated heterocycles. The Kier molecular flexibility index (Phi) is 5.85. The van der Waals surface area contributed by atoms with Gasteiger partial charge < -0.3 is 0 Å². The maximum Gasteiger partial charge on any atom is 0.0848 e. The normalized spacial score (nSPS) is 11.1. The third-order valence-electron chi connectivity index (χ3n) is 3.21. The van der Waals surface area contributed by atoms with Crippen LogP contribution >= 0.6 is 46.6 Å². The quantitative estimate of drug-likeness (QED) is 0.417. The van der Waals surface area contributed by atoms with Crippen molar-refractivity contribution in [2.75, 3.05) is 0 Å². The van der Waals surface area contributed by atoms with E-state index in [9.17, 15) is 0 Å². The van der Waals surface area contributed by atoms with Crippen LogP contribution in [0.3, 0.4) is 0 Å². The zero-order valence-electron chi connectivity index (χ0n) is 12.4. The molecular formula is C19H12Cl3NS. The van der Waals surface area contributed by atoms with E-state index in [1.54, 1.807) is 24.0 Å². The SMILES string of the molecule is Clc1ccc(Sc2ccc(C=Nc3cccc(Cl)c3Cl)cc2)cc1. The molecule has 0 fully saturated rings. The second-order valence-corrected chi connectivity index (χ2v) is 7.32. The van der Waals surface area contributed by atoms with Gasteiger partial charge in [0.2, 0.25) is 0 Å². The Morgan fingerprint density at radius 2 is 1.38 bits per heavy atom. The molecular weight excluding hydrogens is 381 g/mol. The van der Waals surface area contributed by atoms with Crippen molar-refractivity contribution in [2.24, 2.45) is 4.99 Å². The van der Waals surface area contributed by atoms with Crippen molar-refractivity contribution in [1.82, 2.24) is 0 Å². The summed E-state index contributed by atoms with van der Waals surface area (Å²) in [6, 6.07) is 21.3. The molecule has 0 atom stereocenters. The molecule has 1 nitrogen and oxygen atoms in total. The predicted octanol–water partition coefficient (Wildman–Crippen LogP) is 7.55. The lowest BCUT2D eigenvalue weighted by atomic mass is 10.2. The minimum atomic E-state index is 0.463. The molecule has 0 amide bonds. The van der Waals surface area contributed by atoms with Crippen LogP contribution in [-0.4, -0.2) is 6.21 Å². The van der Waals surface area contributed by atoms with E-state index in [0.29, 0.717) is 15.7 Å². The summed E-state index contributed by atoms with van der Waals surface area (Å²) >= 11 is 19.7. The Labute approximate surface area is 160 Å². The van der Waals surface area contributed by atoms with Crippen LogP contribution < -0.4 is 0 Å². The lowest BCUT2D eigenvalue weighted by Crippen LogP contribution is -1.81. The number of hydrogen-bond acceptors (Lipinski definition) is 2. The van der Waals surface area contributed by atoms with E-state index >= 15 is 0 Å². The van der Waals surface area contributed by atoms with Gasteiger partial charge in [-0.1, -0.05) is 64.8 Å².